The molecule has 0 fully saturated rings. The van der Waals surface area contributed by atoms with E-state index in [0.29, 0.717) is 17.7 Å². The molecule has 4 aromatic carbocycles. The van der Waals surface area contributed by atoms with Gasteiger partial charge in [-0.15, -0.1) is 0 Å². The van der Waals surface area contributed by atoms with Crippen molar-refractivity contribution in [2.24, 2.45) is 0 Å². The first-order valence-electron chi connectivity index (χ1n) is 12.3. The van der Waals surface area contributed by atoms with Gasteiger partial charge in [-0.2, -0.15) is 11.8 Å². The van der Waals surface area contributed by atoms with Crippen molar-refractivity contribution in [1.29, 1.82) is 0 Å². The quantitative estimate of drug-likeness (QED) is 0.313. The summed E-state index contributed by atoms with van der Waals surface area (Å²) in [7, 11) is 0. The Labute approximate surface area is 240 Å². The maximum absolute atomic E-state index is 13.2. The van der Waals surface area contributed by atoms with E-state index in [2.05, 4.69) is 47.8 Å². The number of amides is 1. The molecule has 188 valence electrons. The number of carboxylic acid groups (broad SMARTS) is 1. The van der Waals surface area contributed by atoms with Gasteiger partial charge in [-0.05, 0) is 82.5 Å². The Morgan fingerprint density at radius 1 is 0.921 bits per heavy atom. The summed E-state index contributed by atoms with van der Waals surface area (Å²) in [4.78, 5) is 25.0. The summed E-state index contributed by atoms with van der Waals surface area (Å²) >= 11 is 1.56. The van der Waals surface area contributed by atoms with Gasteiger partial charge in [0.25, 0.3) is 5.91 Å². The monoisotopic (exact) mass is 516 g/mol. The Morgan fingerprint density at radius 2 is 1.66 bits per heavy atom. The summed E-state index contributed by atoms with van der Waals surface area (Å²) in [6.07, 6.45) is 7.28. The minimum absolute atomic E-state index is 0. The van der Waals surface area contributed by atoms with Crippen LogP contribution in [-0.2, 0) is 11.2 Å². The number of hydrogen-bond donors (Lipinski definition) is 2. The van der Waals surface area contributed by atoms with Gasteiger partial charge >= 0.3 is 24.8 Å². The molecule has 0 radical (unpaired) electrons. The number of fused-ring (bicyclic) bond motifs is 1. The van der Waals surface area contributed by atoms with Gasteiger partial charge in [0.2, 0.25) is 0 Å². The average Bonchev–Trinajstić information content (AvgIpc) is 2.91. The van der Waals surface area contributed by atoms with E-state index in [1.54, 1.807) is 17.8 Å². The summed E-state index contributed by atoms with van der Waals surface area (Å²) in [5, 5.41) is 14.8. The molecule has 0 aliphatic heterocycles. The van der Waals surface area contributed by atoms with Crippen molar-refractivity contribution in [2.75, 3.05) is 12.0 Å². The molecule has 4 rings (SSSR count). The SMILES string of the molecule is CSCCC(NC(=O)c1ccc(/C=C/Cc2ccc3ccccc3c2)cc1-c1ccccc1C)C(=O)O.[Li+]. The second-order valence-electron chi connectivity index (χ2n) is 9.05. The molecular weight excluding hydrogens is 485 g/mol. The largest absolute Gasteiger partial charge is 1.00 e. The Morgan fingerprint density at radius 3 is 2.39 bits per heavy atom. The number of benzene rings is 4. The summed E-state index contributed by atoms with van der Waals surface area (Å²) in [6.45, 7) is 2.01. The van der Waals surface area contributed by atoms with Crippen molar-refractivity contribution in [3.05, 3.63) is 113 Å². The van der Waals surface area contributed by atoms with Gasteiger partial charge in [0, 0.05) is 5.56 Å². The van der Waals surface area contributed by atoms with E-state index in [9.17, 15) is 14.7 Å². The fraction of sp³-hybridized carbons (Fsp3) is 0.188. The molecule has 1 unspecified atom stereocenters. The number of rotatable bonds is 10. The molecule has 0 spiro atoms. The van der Waals surface area contributed by atoms with Crippen LogP contribution in [0.4, 0.5) is 0 Å². The molecule has 0 aliphatic rings. The number of aliphatic carboxylic acids is 1. The van der Waals surface area contributed by atoms with E-state index in [-0.39, 0.29) is 24.8 Å². The van der Waals surface area contributed by atoms with Crippen LogP contribution in [0.1, 0.15) is 33.5 Å². The predicted octanol–water partition coefficient (Wildman–Crippen LogP) is 4.01. The van der Waals surface area contributed by atoms with Crippen LogP contribution in [0.3, 0.4) is 0 Å². The van der Waals surface area contributed by atoms with Crippen molar-refractivity contribution in [2.45, 2.75) is 25.8 Å². The first kappa shape index (κ1) is 29.3. The van der Waals surface area contributed by atoms with Crippen molar-refractivity contribution >= 4 is 40.5 Å². The molecule has 4 aromatic rings. The third-order valence-electron chi connectivity index (χ3n) is 6.42. The first-order chi connectivity index (χ1) is 18.0. The second kappa shape index (κ2) is 14.1. The second-order valence-corrected chi connectivity index (χ2v) is 10.0. The van der Waals surface area contributed by atoms with Crippen LogP contribution < -0.4 is 24.2 Å². The molecule has 2 N–H and O–H groups in total. The van der Waals surface area contributed by atoms with Crippen LogP contribution in [0.5, 0.6) is 0 Å². The van der Waals surface area contributed by atoms with Crippen LogP contribution in [-0.4, -0.2) is 35.0 Å². The number of thioether (sulfide) groups is 1. The van der Waals surface area contributed by atoms with Gasteiger partial charge in [0.1, 0.15) is 6.04 Å². The van der Waals surface area contributed by atoms with Crippen LogP contribution in [0.15, 0.2) is 91.0 Å². The van der Waals surface area contributed by atoms with Gasteiger partial charge in [-0.3, -0.25) is 4.79 Å². The van der Waals surface area contributed by atoms with E-state index < -0.39 is 12.0 Å². The number of carbonyl (C=O) groups is 2. The average molecular weight is 517 g/mol. The van der Waals surface area contributed by atoms with E-state index in [1.165, 1.54) is 16.3 Å². The van der Waals surface area contributed by atoms with E-state index in [1.807, 2.05) is 61.7 Å². The molecule has 38 heavy (non-hydrogen) atoms. The molecule has 0 heterocycles. The smallest absolute Gasteiger partial charge is 0.480 e. The topological polar surface area (TPSA) is 66.4 Å². The number of carboxylic acids is 1. The number of aryl methyl sites for hydroxylation is 1. The molecular formula is C32H31LiNO3S+. The van der Waals surface area contributed by atoms with Crippen molar-refractivity contribution in [1.82, 2.24) is 5.32 Å². The fourth-order valence-electron chi connectivity index (χ4n) is 4.39. The number of hydrogen-bond acceptors (Lipinski definition) is 3. The first-order valence-corrected chi connectivity index (χ1v) is 13.7. The normalized spacial score (nSPS) is 11.7. The van der Waals surface area contributed by atoms with Gasteiger partial charge in [-0.1, -0.05) is 84.9 Å². The van der Waals surface area contributed by atoms with Crippen LogP contribution in [0.2, 0.25) is 0 Å². The maximum Gasteiger partial charge on any atom is 1.00 e. The molecule has 1 amide bonds. The third kappa shape index (κ3) is 7.42. The maximum atomic E-state index is 13.2. The molecule has 6 heteroatoms. The Balaban J connectivity index is 0.00000400. The van der Waals surface area contributed by atoms with Gasteiger partial charge in [0.05, 0.1) is 0 Å². The Kier molecular flexibility index (Phi) is 10.9. The van der Waals surface area contributed by atoms with E-state index in [0.717, 1.165) is 28.7 Å². The van der Waals surface area contributed by atoms with Crippen molar-refractivity contribution in [3.63, 3.8) is 0 Å². The van der Waals surface area contributed by atoms with Crippen LogP contribution in [0.25, 0.3) is 28.0 Å². The number of nitrogens with one attached hydrogen (secondary N) is 1. The summed E-state index contributed by atoms with van der Waals surface area (Å²) in [5.41, 5.74) is 5.47. The Bertz CT molecular complexity index is 1450. The minimum atomic E-state index is -1.02. The zero-order valence-corrected chi connectivity index (χ0v) is 22.9. The van der Waals surface area contributed by atoms with Crippen LogP contribution in [0, 0.1) is 6.92 Å². The summed E-state index contributed by atoms with van der Waals surface area (Å²) in [5.74, 6) is -0.741. The van der Waals surface area contributed by atoms with Gasteiger partial charge < -0.3 is 10.4 Å². The van der Waals surface area contributed by atoms with E-state index >= 15 is 0 Å². The molecule has 1 atom stereocenters. The minimum Gasteiger partial charge on any atom is -0.480 e. The zero-order valence-electron chi connectivity index (χ0n) is 22.1. The predicted molar refractivity (Wildman–Crippen MR) is 155 cm³/mol. The standard InChI is InChI=1S/C32H31NO3S.Li/c1-22-8-3-6-13-27(22)29-21-24(10-7-9-23-14-16-25-11-4-5-12-26(25)20-23)15-17-28(29)31(34)33-30(32(35)36)18-19-37-2;/h3-8,10-17,20-21,30H,9,18-19H2,1-2H3,(H,33,34)(H,35,36);/q;+1/b10-7+;. The number of carbonyl (C=O) groups excluding carboxylic acids is 1. The van der Waals surface area contributed by atoms with Crippen molar-refractivity contribution in [3.8, 4) is 11.1 Å². The third-order valence-corrected chi connectivity index (χ3v) is 7.06. The fourth-order valence-corrected chi connectivity index (χ4v) is 4.86. The zero-order chi connectivity index (χ0) is 26.2. The summed E-state index contributed by atoms with van der Waals surface area (Å²) < 4.78 is 0. The van der Waals surface area contributed by atoms with Gasteiger partial charge in [0.15, 0.2) is 0 Å². The number of allylic oxidation sites excluding steroid dienone is 1. The van der Waals surface area contributed by atoms with Gasteiger partial charge in [-0.25, -0.2) is 4.79 Å². The molecule has 0 aromatic heterocycles. The molecule has 0 aliphatic carbocycles. The molecule has 0 saturated heterocycles. The van der Waals surface area contributed by atoms with Crippen LogP contribution >= 0.6 is 11.8 Å². The van der Waals surface area contributed by atoms with E-state index in [4.69, 9.17) is 0 Å². The Hall–Kier alpha value is -3.23. The molecule has 0 saturated carbocycles. The molecule has 4 nitrogen and oxygen atoms in total. The summed E-state index contributed by atoms with van der Waals surface area (Å²) in [6, 6.07) is 27.5. The molecule has 0 bridgehead atoms. The van der Waals surface area contributed by atoms with Crippen molar-refractivity contribution < 1.29 is 33.6 Å².